The third-order valence-corrected chi connectivity index (χ3v) is 1.91. The Morgan fingerprint density at radius 3 is 1.75 bits per heavy atom. The second-order valence-electron chi connectivity index (χ2n) is 1.79. The first-order chi connectivity index (χ1) is 5.61. The van der Waals surface area contributed by atoms with Gasteiger partial charge < -0.3 is 4.79 Å². The largest absolute Gasteiger partial charge is 0.307 e. The SMILES string of the molecule is C=O.O=S(=O)(O)c1ccccc1. The minimum atomic E-state index is -4.00. The van der Waals surface area contributed by atoms with Crippen molar-refractivity contribution in [3.05, 3.63) is 30.3 Å². The van der Waals surface area contributed by atoms with Crippen molar-refractivity contribution in [1.29, 1.82) is 0 Å². The summed E-state index contributed by atoms with van der Waals surface area (Å²) in [5.41, 5.74) is 0. The Morgan fingerprint density at radius 1 is 1.08 bits per heavy atom. The van der Waals surface area contributed by atoms with Gasteiger partial charge in [-0.2, -0.15) is 8.42 Å². The molecular weight excluding hydrogens is 180 g/mol. The highest BCUT2D eigenvalue weighted by molar-refractivity contribution is 7.85. The first-order valence-electron chi connectivity index (χ1n) is 2.92. The fourth-order valence-corrected chi connectivity index (χ4v) is 1.09. The number of hydrogen-bond donors (Lipinski definition) is 1. The first kappa shape index (κ1) is 10.8. The monoisotopic (exact) mass is 188 g/mol. The molecule has 1 aromatic rings. The lowest BCUT2D eigenvalue weighted by molar-refractivity contribution is -0.0979. The third-order valence-electron chi connectivity index (χ3n) is 1.04. The maximum atomic E-state index is 10.4. The molecule has 0 saturated heterocycles. The van der Waals surface area contributed by atoms with Crippen LogP contribution >= 0.6 is 0 Å². The molecule has 1 N–H and O–H groups in total. The predicted octanol–water partition coefficient (Wildman–Crippen LogP) is 0.748. The van der Waals surface area contributed by atoms with E-state index in [-0.39, 0.29) is 4.90 Å². The molecule has 12 heavy (non-hydrogen) atoms. The van der Waals surface area contributed by atoms with E-state index < -0.39 is 10.1 Å². The van der Waals surface area contributed by atoms with Crippen LogP contribution in [0.2, 0.25) is 0 Å². The third kappa shape index (κ3) is 3.27. The quantitative estimate of drug-likeness (QED) is 0.660. The zero-order chi connectivity index (χ0) is 9.61. The van der Waals surface area contributed by atoms with E-state index in [1.54, 1.807) is 18.2 Å². The predicted molar refractivity (Wildman–Crippen MR) is 43.4 cm³/mol. The summed E-state index contributed by atoms with van der Waals surface area (Å²) >= 11 is 0. The molecule has 1 rings (SSSR count). The van der Waals surface area contributed by atoms with Gasteiger partial charge in [0.2, 0.25) is 0 Å². The van der Waals surface area contributed by atoms with Gasteiger partial charge in [-0.15, -0.1) is 0 Å². The fraction of sp³-hybridized carbons (Fsp3) is 0. The average molecular weight is 188 g/mol. The van der Waals surface area contributed by atoms with Gasteiger partial charge in [-0.1, -0.05) is 18.2 Å². The van der Waals surface area contributed by atoms with Crippen LogP contribution in [0.3, 0.4) is 0 Å². The molecule has 4 nitrogen and oxygen atoms in total. The lowest BCUT2D eigenvalue weighted by atomic mass is 10.4. The van der Waals surface area contributed by atoms with E-state index in [0.717, 1.165) is 0 Å². The summed E-state index contributed by atoms with van der Waals surface area (Å²) in [5.74, 6) is 0. The summed E-state index contributed by atoms with van der Waals surface area (Å²) in [4.78, 5) is 7.93. The van der Waals surface area contributed by atoms with Gasteiger partial charge in [0.15, 0.2) is 0 Å². The van der Waals surface area contributed by atoms with Crippen LogP contribution in [-0.4, -0.2) is 19.8 Å². The Hall–Kier alpha value is -1.20. The van der Waals surface area contributed by atoms with Crippen molar-refractivity contribution >= 4 is 16.9 Å². The van der Waals surface area contributed by atoms with Gasteiger partial charge >= 0.3 is 0 Å². The lowest BCUT2D eigenvalue weighted by Gasteiger charge is -1.92. The van der Waals surface area contributed by atoms with Gasteiger partial charge in [0.25, 0.3) is 10.1 Å². The maximum Gasteiger partial charge on any atom is 0.294 e. The van der Waals surface area contributed by atoms with Crippen molar-refractivity contribution in [3.63, 3.8) is 0 Å². The standard InChI is InChI=1S/C6H6O3S.CH2O/c7-10(8,9)6-4-2-1-3-5-6;1-2/h1-5H,(H,7,8,9);1H2. The molecule has 0 aliphatic carbocycles. The molecule has 0 bridgehead atoms. The summed E-state index contributed by atoms with van der Waals surface area (Å²) in [6.45, 7) is 2.00. The zero-order valence-corrected chi connectivity index (χ0v) is 6.99. The molecule has 5 heteroatoms. The van der Waals surface area contributed by atoms with Gasteiger partial charge in [0, 0.05) is 0 Å². The van der Waals surface area contributed by atoms with Gasteiger partial charge in [0.1, 0.15) is 6.79 Å². The fourth-order valence-electron chi connectivity index (χ4n) is 0.592. The molecule has 0 heterocycles. The summed E-state index contributed by atoms with van der Waals surface area (Å²) < 4.78 is 29.2. The average Bonchev–Trinajstić information content (AvgIpc) is 2.08. The highest BCUT2D eigenvalue weighted by Gasteiger charge is 2.05. The number of hydrogen-bond acceptors (Lipinski definition) is 3. The molecule has 0 radical (unpaired) electrons. The second-order valence-corrected chi connectivity index (χ2v) is 3.21. The van der Waals surface area contributed by atoms with Crippen molar-refractivity contribution in [3.8, 4) is 0 Å². The molecule has 0 fully saturated rings. The van der Waals surface area contributed by atoms with Crippen LogP contribution in [0.1, 0.15) is 0 Å². The molecule has 0 aliphatic rings. The first-order valence-corrected chi connectivity index (χ1v) is 4.36. The van der Waals surface area contributed by atoms with Crippen LogP contribution in [0.5, 0.6) is 0 Å². The Labute approximate surface area is 70.6 Å². The van der Waals surface area contributed by atoms with Crippen LogP contribution < -0.4 is 0 Å². The van der Waals surface area contributed by atoms with E-state index in [0.29, 0.717) is 0 Å². The minimum Gasteiger partial charge on any atom is -0.307 e. The lowest BCUT2D eigenvalue weighted by Crippen LogP contribution is -1.96. The second kappa shape index (κ2) is 4.63. The van der Waals surface area contributed by atoms with Crippen LogP contribution in [0.4, 0.5) is 0 Å². The summed E-state index contributed by atoms with van der Waals surface area (Å²) in [6.07, 6.45) is 0. The smallest absolute Gasteiger partial charge is 0.294 e. The van der Waals surface area contributed by atoms with E-state index in [4.69, 9.17) is 9.35 Å². The maximum absolute atomic E-state index is 10.4. The number of benzene rings is 1. The van der Waals surface area contributed by atoms with Crippen molar-refractivity contribution < 1.29 is 17.8 Å². The van der Waals surface area contributed by atoms with Crippen LogP contribution in [0.15, 0.2) is 35.2 Å². The number of carbonyl (C=O) groups is 1. The van der Waals surface area contributed by atoms with Gasteiger partial charge in [-0.25, -0.2) is 0 Å². The molecule has 0 spiro atoms. The van der Waals surface area contributed by atoms with Crippen LogP contribution in [-0.2, 0) is 14.9 Å². The molecular formula is C7H8O4S. The zero-order valence-electron chi connectivity index (χ0n) is 6.17. The Bertz CT molecular complexity index is 317. The van der Waals surface area contributed by atoms with Gasteiger partial charge in [-0.05, 0) is 12.1 Å². The van der Waals surface area contributed by atoms with Crippen molar-refractivity contribution in [2.75, 3.05) is 0 Å². The summed E-state index contributed by atoms with van der Waals surface area (Å²) in [7, 11) is -4.00. The van der Waals surface area contributed by atoms with Gasteiger partial charge in [0.05, 0.1) is 4.90 Å². The Kier molecular flexibility index (Phi) is 4.17. The molecule has 0 atom stereocenters. The molecule has 0 saturated carbocycles. The van der Waals surface area contributed by atoms with E-state index >= 15 is 0 Å². The molecule has 1 aromatic carbocycles. The van der Waals surface area contributed by atoms with Crippen molar-refractivity contribution in [1.82, 2.24) is 0 Å². The van der Waals surface area contributed by atoms with E-state index in [9.17, 15) is 8.42 Å². The van der Waals surface area contributed by atoms with Crippen LogP contribution in [0.25, 0.3) is 0 Å². The Morgan fingerprint density at radius 2 is 1.50 bits per heavy atom. The molecule has 66 valence electrons. The minimum absolute atomic E-state index is 0.0741. The molecule has 0 amide bonds. The van der Waals surface area contributed by atoms with E-state index in [2.05, 4.69) is 0 Å². The van der Waals surface area contributed by atoms with Crippen molar-refractivity contribution in [2.45, 2.75) is 4.90 Å². The Balaban J connectivity index is 0.000000561. The summed E-state index contributed by atoms with van der Waals surface area (Å²) in [6, 6.07) is 7.42. The molecule has 0 aliphatic heterocycles. The number of rotatable bonds is 1. The summed E-state index contributed by atoms with van der Waals surface area (Å²) in [5, 5.41) is 0. The normalized spacial score (nSPS) is 9.75. The highest BCUT2D eigenvalue weighted by atomic mass is 32.2. The van der Waals surface area contributed by atoms with Gasteiger partial charge in [-0.3, -0.25) is 4.55 Å². The number of carbonyl (C=O) groups excluding carboxylic acids is 1. The topological polar surface area (TPSA) is 71.4 Å². The van der Waals surface area contributed by atoms with E-state index in [1.807, 2.05) is 6.79 Å². The molecule has 0 aromatic heterocycles. The molecule has 0 unspecified atom stereocenters. The van der Waals surface area contributed by atoms with E-state index in [1.165, 1.54) is 12.1 Å². The van der Waals surface area contributed by atoms with Crippen molar-refractivity contribution in [2.24, 2.45) is 0 Å². The van der Waals surface area contributed by atoms with Crippen LogP contribution in [0, 0.1) is 0 Å². The highest BCUT2D eigenvalue weighted by Crippen LogP contribution is 2.05.